The van der Waals surface area contributed by atoms with Gasteiger partial charge in [0.05, 0.1) is 6.04 Å². The Morgan fingerprint density at radius 3 is 2.52 bits per heavy atom. The maximum atomic E-state index is 14.1. The van der Waals surface area contributed by atoms with Crippen LogP contribution in [0.1, 0.15) is 28.4 Å². The minimum Gasteiger partial charge on any atom is -0.346 e. The van der Waals surface area contributed by atoms with Gasteiger partial charge in [-0.3, -0.25) is 0 Å². The Morgan fingerprint density at radius 2 is 1.79 bits per heavy atom. The normalized spacial score (nSPS) is 15.4. The van der Waals surface area contributed by atoms with E-state index in [2.05, 4.69) is 21.4 Å². The van der Waals surface area contributed by atoms with E-state index in [4.69, 9.17) is 0 Å². The summed E-state index contributed by atoms with van der Waals surface area (Å²) >= 11 is 0. The van der Waals surface area contributed by atoms with Crippen molar-refractivity contribution in [2.45, 2.75) is 26.3 Å². The van der Waals surface area contributed by atoms with Crippen LogP contribution in [-0.4, -0.2) is 23.2 Å². The number of alkyl halides is 1. The van der Waals surface area contributed by atoms with Crippen LogP contribution in [0.2, 0.25) is 0 Å². The molecule has 1 atom stereocenters. The first-order valence-corrected chi connectivity index (χ1v) is 9.35. The molecule has 0 saturated carbocycles. The monoisotopic (exact) mass is 416 g/mol. The quantitative estimate of drug-likeness (QED) is 0.612. The fourth-order valence-corrected chi connectivity index (χ4v) is 3.68. The van der Waals surface area contributed by atoms with Gasteiger partial charge in [0, 0.05) is 23.5 Å². The van der Waals surface area contributed by atoms with E-state index < -0.39 is 6.67 Å². The highest BCUT2D eigenvalue weighted by molar-refractivity contribution is 5.85. The van der Waals surface area contributed by atoms with Crippen LogP contribution in [0.4, 0.5) is 26.2 Å². The zero-order valence-electron chi connectivity index (χ0n) is 16.3. The van der Waals surface area contributed by atoms with Crippen molar-refractivity contribution in [1.82, 2.24) is 9.97 Å². The molecule has 4 rings (SSSR count). The molecule has 29 heavy (non-hydrogen) atoms. The van der Waals surface area contributed by atoms with Gasteiger partial charge in [-0.2, -0.15) is 4.98 Å². The van der Waals surface area contributed by atoms with Gasteiger partial charge in [0.25, 0.3) is 0 Å². The molecule has 7 heteroatoms. The summed E-state index contributed by atoms with van der Waals surface area (Å²) in [6.45, 7) is 4.08. The average Bonchev–Trinajstić information content (AvgIpc) is 2.71. The van der Waals surface area contributed by atoms with E-state index in [1.165, 1.54) is 17.7 Å². The molecule has 0 saturated heterocycles. The number of aromatic nitrogens is 2. The molecule has 0 radical (unpaired) electrons. The van der Waals surface area contributed by atoms with Crippen LogP contribution in [0.15, 0.2) is 48.5 Å². The Balaban J connectivity index is 0.00000240. The van der Waals surface area contributed by atoms with Crippen molar-refractivity contribution in [1.29, 1.82) is 0 Å². The van der Waals surface area contributed by atoms with Crippen LogP contribution >= 0.6 is 12.4 Å². The zero-order chi connectivity index (χ0) is 19.7. The SMILES string of the molecule is Cc1nc(Nc2ccc(F)cc2)nc(N2CCc3ccccc3C2CF)c1C.Cl. The van der Waals surface area contributed by atoms with E-state index in [0.29, 0.717) is 18.2 Å². The van der Waals surface area contributed by atoms with Crippen molar-refractivity contribution >= 4 is 29.9 Å². The molecule has 0 aliphatic carbocycles. The van der Waals surface area contributed by atoms with Crippen LogP contribution in [0, 0.1) is 19.7 Å². The first-order valence-electron chi connectivity index (χ1n) is 9.35. The predicted octanol–water partition coefficient (Wildman–Crippen LogP) is 5.47. The van der Waals surface area contributed by atoms with Gasteiger partial charge in [0.1, 0.15) is 18.3 Å². The molecule has 1 aliphatic heterocycles. The molecule has 0 fully saturated rings. The van der Waals surface area contributed by atoms with Gasteiger partial charge in [0.15, 0.2) is 0 Å². The summed E-state index contributed by atoms with van der Waals surface area (Å²) in [7, 11) is 0. The number of hydrogen-bond acceptors (Lipinski definition) is 4. The maximum absolute atomic E-state index is 14.1. The number of aryl methyl sites for hydroxylation is 1. The van der Waals surface area contributed by atoms with E-state index in [1.807, 2.05) is 36.9 Å². The van der Waals surface area contributed by atoms with Gasteiger partial charge in [-0.05, 0) is 55.7 Å². The molecule has 3 aromatic rings. The Kier molecular flexibility index (Phi) is 6.33. The second kappa shape index (κ2) is 8.74. The Hall–Kier alpha value is -2.73. The second-order valence-electron chi connectivity index (χ2n) is 7.03. The number of halogens is 3. The van der Waals surface area contributed by atoms with Gasteiger partial charge in [-0.25, -0.2) is 13.8 Å². The van der Waals surface area contributed by atoms with Crippen molar-refractivity contribution in [2.24, 2.45) is 0 Å². The topological polar surface area (TPSA) is 41.1 Å². The van der Waals surface area contributed by atoms with E-state index in [9.17, 15) is 8.78 Å². The fourth-order valence-electron chi connectivity index (χ4n) is 3.68. The molecule has 0 amide bonds. The molecule has 1 unspecified atom stereocenters. The zero-order valence-corrected chi connectivity index (χ0v) is 17.1. The lowest BCUT2D eigenvalue weighted by Crippen LogP contribution is -2.38. The van der Waals surface area contributed by atoms with Crippen molar-refractivity contribution in [3.05, 3.63) is 76.7 Å². The van der Waals surface area contributed by atoms with Crippen LogP contribution in [0.25, 0.3) is 0 Å². The van der Waals surface area contributed by atoms with Gasteiger partial charge in [0.2, 0.25) is 5.95 Å². The largest absolute Gasteiger partial charge is 0.346 e. The molecule has 4 nitrogen and oxygen atoms in total. The van der Waals surface area contributed by atoms with Crippen molar-refractivity contribution in [2.75, 3.05) is 23.4 Å². The summed E-state index contributed by atoms with van der Waals surface area (Å²) in [6.07, 6.45) is 0.843. The van der Waals surface area contributed by atoms with Gasteiger partial charge in [-0.15, -0.1) is 12.4 Å². The van der Waals surface area contributed by atoms with E-state index >= 15 is 0 Å². The third-order valence-corrected chi connectivity index (χ3v) is 5.29. The maximum Gasteiger partial charge on any atom is 0.229 e. The lowest BCUT2D eigenvalue weighted by molar-refractivity contribution is 0.404. The summed E-state index contributed by atoms with van der Waals surface area (Å²) in [5.41, 5.74) is 4.66. The number of nitrogens with one attached hydrogen (secondary N) is 1. The molecule has 1 N–H and O–H groups in total. The molecular weight excluding hydrogens is 394 g/mol. The van der Waals surface area contributed by atoms with E-state index in [0.717, 1.165) is 29.1 Å². The fraction of sp³-hybridized carbons (Fsp3) is 0.273. The van der Waals surface area contributed by atoms with Gasteiger partial charge >= 0.3 is 0 Å². The Labute approximate surface area is 175 Å². The summed E-state index contributed by atoms with van der Waals surface area (Å²) < 4.78 is 27.2. The molecule has 0 spiro atoms. The van der Waals surface area contributed by atoms with Crippen molar-refractivity contribution in [3.8, 4) is 0 Å². The predicted molar refractivity (Wildman–Crippen MR) is 115 cm³/mol. The third-order valence-electron chi connectivity index (χ3n) is 5.29. The number of nitrogens with zero attached hydrogens (tertiary/aromatic N) is 3. The van der Waals surface area contributed by atoms with Crippen LogP contribution in [0.3, 0.4) is 0 Å². The minimum atomic E-state index is -0.486. The number of rotatable bonds is 4. The van der Waals surface area contributed by atoms with Gasteiger partial charge in [-0.1, -0.05) is 24.3 Å². The lowest BCUT2D eigenvalue weighted by atomic mass is 9.93. The first kappa shape index (κ1) is 21.0. The second-order valence-corrected chi connectivity index (χ2v) is 7.03. The number of benzene rings is 2. The summed E-state index contributed by atoms with van der Waals surface area (Å²) in [6, 6.07) is 13.7. The number of hydrogen-bond donors (Lipinski definition) is 1. The van der Waals surface area contributed by atoms with E-state index in [1.54, 1.807) is 12.1 Å². The molecular formula is C22H23ClF2N4. The summed E-state index contributed by atoms with van der Waals surface area (Å²) in [5, 5.41) is 3.12. The van der Waals surface area contributed by atoms with E-state index in [-0.39, 0.29) is 24.3 Å². The molecule has 0 bridgehead atoms. The Morgan fingerprint density at radius 1 is 1.07 bits per heavy atom. The highest BCUT2D eigenvalue weighted by atomic mass is 35.5. The molecule has 2 heterocycles. The first-order chi connectivity index (χ1) is 13.6. The molecule has 152 valence electrons. The highest BCUT2D eigenvalue weighted by Crippen LogP contribution is 2.35. The lowest BCUT2D eigenvalue weighted by Gasteiger charge is -2.37. The number of fused-ring (bicyclic) bond motifs is 1. The van der Waals surface area contributed by atoms with Crippen molar-refractivity contribution < 1.29 is 8.78 Å². The molecule has 1 aromatic heterocycles. The van der Waals surface area contributed by atoms with Crippen LogP contribution in [-0.2, 0) is 6.42 Å². The van der Waals surface area contributed by atoms with Crippen LogP contribution in [0.5, 0.6) is 0 Å². The van der Waals surface area contributed by atoms with Gasteiger partial charge < -0.3 is 10.2 Å². The Bertz CT molecular complexity index is 995. The molecule has 1 aliphatic rings. The smallest absolute Gasteiger partial charge is 0.229 e. The third kappa shape index (κ3) is 4.17. The van der Waals surface area contributed by atoms with Crippen LogP contribution < -0.4 is 10.2 Å². The molecule has 2 aromatic carbocycles. The summed E-state index contributed by atoms with van der Waals surface area (Å²) in [5.74, 6) is 0.848. The average molecular weight is 417 g/mol. The standard InChI is InChI=1S/C22H22F2N4.ClH/c1-14-15(2)25-22(26-18-9-7-17(24)8-10-18)27-21(14)28-12-11-16-5-3-4-6-19(16)20(28)13-23;/h3-10,20H,11-13H2,1-2H3,(H,25,26,27);1H. The highest BCUT2D eigenvalue weighted by Gasteiger charge is 2.30. The summed E-state index contributed by atoms with van der Waals surface area (Å²) in [4.78, 5) is 11.2. The van der Waals surface area contributed by atoms with Crippen molar-refractivity contribution in [3.63, 3.8) is 0 Å². The number of anilines is 3. The minimum absolute atomic E-state index is 0.